The van der Waals surface area contributed by atoms with Crippen molar-refractivity contribution in [1.29, 1.82) is 0 Å². The minimum Gasteiger partial charge on any atom is -0.372 e. The van der Waals surface area contributed by atoms with Crippen LogP contribution in [-0.2, 0) is 39.6 Å². The zero-order valence-electron chi connectivity index (χ0n) is 31.6. The largest absolute Gasteiger partial charge is 0.372 e. The first-order chi connectivity index (χ1) is 25.1. The summed E-state index contributed by atoms with van der Waals surface area (Å²) >= 11 is 4.52. The zero-order chi connectivity index (χ0) is 38.7. The van der Waals surface area contributed by atoms with Gasteiger partial charge in [-0.1, -0.05) is 50.2 Å². The highest BCUT2D eigenvalue weighted by Gasteiger charge is 2.46. The van der Waals surface area contributed by atoms with E-state index < -0.39 is 17.9 Å². The monoisotopic (exact) mass is 740 g/mol. The van der Waals surface area contributed by atoms with Gasteiger partial charge in [0.1, 0.15) is 19.4 Å². The summed E-state index contributed by atoms with van der Waals surface area (Å²) < 4.78 is 2.12. The minimum atomic E-state index is -0.753. The summed E-state index contributed by atoms with van der Waals surface area (Å²) in [7, 11) is 5.35. The van der Waals surface area contributed by atoms with E-state index in [1.807, 2.05) is 50.5 Å². The maximum atomic E-state index is 14.2. The molecule has 0 radical (unpaired) electrons. The Hall–Kier alpha value is -4.97. The fourth-order valence-corrected chi connectivity index (χ4v) is 7.62. The summed E-state index contributed by atoms with van der Waals surface area (Å²) in [6, 6.07) is 15.7. The van der Waals surface area contributed by atoms with Crippen LogP contribution in [-0.4, -0.2) is 84.7 Å². The van der Waals surface area contributed by atoms with Crippen molar-refractivity contribution in [1.82, 2.24) is 15.7 Å². The SMILES string of the molecule is CN(OC(=O)CCCCNC(=O)C(CS)NC1=C(/C=C2/N(C)c3ccccc3C2(C)C)C(=O)/C1=C\C1=[N+](C)c2ccccc2C1(C)C)C(=O)CCC=O. The molecule has 280 valence electrons. The van der Waals surface area contributed by atoms with Gasteiger partial charge in [0, 0.05) is 85.7 Å². The normalized spacial score (nSPS) is 18.8. The number of carbonyl (C=O) groups is 5. The average Bonchev–Trinajstić information content (AvgIpc) is 3.45. The Morgan fingerprint density at radius 2 is 1.66 bits per heavy atom. The molecular formula is C41H50N5O6S+. The molecule has 12 heteroatoms. The molecule has 0 fully saturated rings. The minimum absolute atomic E-state index is 0.0348. The third-order valence-electron chi connectivity index (χ3n) is 10.5. The number of para-hydroxylation sites is 2. The predicted molar refractivity (Wildman–Crippen MR) is 208 cm³/mol. The van der Waals surface area contributed by atoms with Crippen LogP contribution in [0.1, 0.15) is 70.9 Å². The number of likely N-dealkylation sites (N-methyl/N-ethyl adjacent to an activating group) is 1. The molecule has 1 unspecified atom stereocenters. The smallest absolute Gasteiger partial charge is 0.332 e. The Labute approximate surface area is 317 Å². The van der Waals surface area contributed by atoms with Gasteiger partial charge >= 0.3 is 5.97 Å². The maximum absolute atomic E-state index is 14.2. The number of fused-ring (bicyclic) bond motifs is 2. The average molecular weight is 741 g/mol. The maximum Gasteiger partial charge on any atom is 0.332 e. The first-order valence-electron chi connectivity index (χ1n) is 18.0. The van der Waals surface area contributed by atoms with Gasteiger partial charge in [0.15, 0.2) is 11.5 Å². The summed E-state index contributed by atoms with van der Waals surface area (Å²) in [6.45, 7) is 8.89. The van der Waals surface area contributed by atoms with Crippen LogP contribution in [0.5, 0.6) is 0 Å². The van der Waals surface area contributed by atoms with Crippen LogP contribution in [0.15, 0.2) is 83.2 Å². The van der Waals surface area contributed by atoms with Crippen molar-refractivity contribution in [3.05, 3.63) is 94.4 Å². The van der Waals surface area contributed by atoms with Crippen molar-refractivity contribution in [3.63, 3.8) is 0 Å². The Morgan fingerprint density at radius 3 is 2.32 bits per heavy atom. The summed E-state index contributed by atoms with van der Waals surface area (Å²) in [5, 5.41) is 7.16. The van der Waals surface area contributed by atoms with Gasteiger partial charge < -0.3 is 25.2 Å². The molecule has 2 amide bonds. The number of benzene rings is 2. The van der Waals surface area contributed by atoms with Crippen LogP contribution in [0.3, 0.4) is 0 Å². The highest BCUT2D eigenvalue weighted by Crippen LogP contribution is 2.48. The third kappa shape index (κ3) is 7.74. The van der Waals surface area contributed by atoms with Crippen LogP contribution in [0.25, 0.3) is 0 Å². The van der Waals surface area contributed by atoms with E-state index in [1.165, 1.54) is 18.2 Å². The van der Waals surface area contributed by atoms with E-state index in [0.29, 0.717) is 42.5 Å². The molecule has 0 saturated heterocycles. The summed E-state index contributed by atoms with van der Waals surface area (Å²) in [5.41, 5.74) is 7.34. The zero-order valence-corrected chi connectivity index (χ0v) is 32.5. The molecule has 0 aromatic heterocycles. The number of carbonyl (C=O) groups excluding carboxylic acids is 5. The van der Waals surface area contributed by atoms with E-state index in [-0.39, 0.29) is 47.5 Å². The molecule has 1 aliphatic carbocycles. The van der Waals surface area contributed by atoms with Gasteiger partial charge in [-0.25, -0.2) is 4.79 Å². The number of thiol groups is 1. The van der Waals surface area contributed by atoms with Gasteiger partial charge in [0.05, 0.1) is 16.7 Å². The van der Waals surface area contributed by atoms with Crippen molar-refractivity contribution < 1.29 is 33.4 Å². The molecule has 2 N–H and O–H groups in total. The molecule has 0 saturated carbocycles. The molecule has 11 nitrogen and oxygen atoms in total. The summed E-state index contributed by atoms with van der Waals surface area (Å²) in [4.78, 5) is 69.4. The van der Waals surface area contributed by atoms with E-state index >= 15 is 0 Å². The Morgan fingerprint density at radius 1 is 0.981 bits per heavy atom. The van der Waals surface area contributed by atoms with Crippen LogP contribution in [0, 0.1) is 0 Å². The molecule has 2 aliphatic heterocycles. The van der Waals surface area contributed by atoms with Crippen molar-refractivity contribution >= 4 is 59.6 Å². The Balaban J connectivity index is 1.35. The first kappa shape index (κ1) is 39.2. The van der Waals surface area contributed by atoms with Gasteiger partial charge in [-0.2, -0.15) is 22.3 Å². The number of anilines is 1. The Bertz CT molecular complexity index is 1960. The molecule has 1 atom stereocenters. The Kier molecular flexibility index (Phi) is 11.8. The fraction of sp³-hybridized carbons (Fsp3) is 0.415. The van der Waals surface area contributed by atoms with E-state index in [9.17, 15) is 24.0 Å². The van der Waals surface area contributed by atoms with E-state index in [4.69, 9.17) is 4.84 Å². The molecule has 3 aliphatic rings. The first-order valence-corrected chi connectivity index (χ1v) is 18.6. The molecule has 0 bridgehead atoms. The quantitative estimate of drug-likeness (QED) is 0.0628. The number of rotatable bonds is 14. The van der Waals surface area contributed by atoms with E-state index in [2.05, 4.69) is 84.7 Å². The lowest BCUT2D eigenvalue weighted by Gasteiger charge is -2.31. The number of hydrogen-bond acceptors (Lipinski definition) is 9. The second kappa shape index (κ2) is 16.0. The van der Waals surface area contributed by atoms with Gasteiger partial charge in [-0.3, -0.25) is 14.4 Å². The number of ketones is 1. The van der Waals surface area contributed by atoms with Crippen LogP contribution in [0.4, 0.5) is 11.4 Å². The molecule has 2 aromatic rings. The lowest BCUT2D eigenvalue weighted by atomic mass is 9.77. The lowest BCUT2D eigenvalue weighted by Crippen LogP contribution is -2.48. The number of Topliss-reactive ketones (excluding diaryl/α,β-unsaturated/α-hetero) is 1. The molecule has 5 rings (SSSR count). The molecule has 2 heterocycles. The van der Waals surface area contributed by atoms with Crippen molar-refractivity contribution in [2.24, 2.45) is 0 Å². The standard InChI is InChI=1S/C41H49N5O6S/c1-40(2)28-15-8-10-17-31(28)44(5)33(40)23-26-37(27(38(26)50)24-34-41(3,4)29-16-9-11-18-32(29)45(34)6)43-30(25-53)39(51)42-21-13-12-20-36(49)52-46(7)35(48)19-14-22-47/h8-11,15-18,22-24,30,43H,12-14,19-21,25H2,1-7H3,(H-,42,51,53)/p+1. The summed E-state index contributed by atoms with van der Waals surface area (Å²) in [6.07, 6.45) is 5.53. The van der Waals surface area contributed by atoms with E-state index in [1.54, 1.807) is 0 Å². The molecular weight excluding hydrogens is 691 g/mol. The van der Waals surface area contributed by atoms with Gasteiger partial charge in [-0.05, 0) is 44.4 Å². The highest BCUT2D eigenvalue weighted by molar-refractivity contribution is 7.80. The van der Waals surface area contributed by atoms with Crippen molar-refractivity contribution in [3.8, 4) is 0 Å². The number of hydrogen-bond donors (Lipinski definition) is 3. The number of unbranched alkanes of at least 4 members (excludes halogenated alkanes) is 1. The van der Waals surface area contributed by atoms with E-state index in [0.717, 1.165) is 27.8 Å². The molecule has 2 aromatic carbocycles. The van der Waals surface area contributed by atoms with Crippen molar-refractivity contribution in [2.45, 2.75) is 76.7 Å². The third-order valence-corrected chi connectivity index (χ3v) is 10.8. The topological polar surface area (TPSA) is 128 Å². The molecule has 53 heavy (non-hydrogen) atoms. The fourth-order valence-electron chi connectivity index (χ4n) is 7.36. The number of nitrogens with zero attached hydrogens (tertiary/aromatic N) is 3. The number of amides is 2. The van der Waals surface area contributed by atoms with Gasteiger partial charge in [0.25, 0.3) is 5.91 Å². The molecule has 0 spiro atoms. The lowest BCUT2D eigenvalue weighted by molar-refractivity contribution is -0.401. The van der Waals surface area contributed by atoms with Crippen LogP contribution >= 0.6 is 12.6 Å². The second-order valence-electron chi connectivity index (χ2n) is 14.7. The number of allylic oxidation sites excluding steroid dienone is 5. The summed E-state index contributed by atoms with van der Waals surface area (Å²) in [5.74, 6) is -1.26. The predicted octanol–water partition coefficient (Wildman–Crippen LogP) is 4.84. The second-order valence-corrected chi connectivity index (χ2v) is 15.0. The van der Waals surface area contributed by atoms with Crippen LogP contribution < -0.4 is 15.5 Å². The number of hydroxylamine groups is 2. The van der Waals surface area contributed by atoms with Crippen molar-refractivity contribution in [2.75, 3.05) is 38.3 Å². The van der Waals surface area contributed by atoms with Gasteiger partial charge in [-0.15, -0.1) is 0 Å². The van der Waals surface area contributed by atoms with Gasteiger partial charge in [0.2, 0.25) is 11.6 Å². The highest BCUT2D eigenvalue weighted by atomic mass is 32.1. The number of aldehydes is 1. The number of nitrogens with one attached hydrogen (secondary N) is 2. The van der Waals surface area contributed by atoms with Crippen LogP contribution in [0.2, 0.25) is 0 Å².